The number of hydrogen-bond acceptors (Lipinski definition) is 5. The fourth-order valence-electron chi connectivity index (χ4n) is 2.62. The first-order chi connectivity index (χ1) is 8.97. The molecule has 0 heterocycles. The third-order valence-electron chi connectivity index (χ3n) is 3.83. The van der Waals surface area contributed by atoms with Gasteiger partial charge in [0.05, 0.1) is 13.2 Å². The molecule has 0 bridgehead atoms. The summed E-state index contributed by atoms with van der Waals surface area (Å²) in [4.78, 5) is 0. The van der Waals surface area contributed by atoms with Crippen LogP contribution < -0.4 is 0 Å². The van der Waals surface area contributed by atoms with Gasteiger partial charge in [-0.1, -0.05) is 27.2 Å². The first kappa shape index (κ1) is 17.0. The Bertz CT molecular complexity index is 280. The molecule has 0 aromatic heterocycles. The Kier molecular flexibility index (Phi) is 7.40. The van der Waals surface area contributed by atoms with Crippen molar-refractivity contribution in [2.45, 2.75) is 52.2 Å². The van der Waals surface area contributed by atoms with E-state index in [4.69, 9.17) is 19.3 Å². The van der Waals surface area contributed by atoms with Gasteiger partial charge in [0.2, 0.25) is 0 Å². The molecule has 5 nitrogen and oxygen atoms in total. The van der Waals surface area contributed by atoms with E-state index in [-0.39, 0.29) is 19.3 Å². The van der Waals surface area contributed by atoms with E-state index < -0.39 is 14.4 Å². The second-order valence-corrected chi connectivity index (χ2v) is 6.65. The Balaban J connectivity index is 2.53. The van der Waals surface area contributed by atoms with Gasteiger partial charge in [-0.25, -0.2) is 0 Å². The topological polar surface area (TPSA) is 76.0 Å². The van der Waals surface area contributed by atoms with Crippen LogP contribution in [0.25, 0.3) is 0 Å². The molecular weight excluding hydrogens is 267 g/mol. The lowest BCUT2D eigenvalue weighted by Gasteiger charge is -2.33. The van der Waals surface area contributed by atoms with Crippen molar-refractivity contribution in [2.75, 3.05) is 13.2 Å². The van der Waals surface area contributed by atoms with Crippen LogP contribution >= 0.6 is 8.25 Å². The second kappa shape index (κ2) is 8.28. The zero-order chi connectivity index (χ0) is 14.4. The van der Waals surface area contributed by atoms with Gasteiger partial charge in [-0.2, -0.15) is 0 Å². The molecule has 0 aromatic rings. The van der Waals surface area contributed by atoms with Crippen LogP contribution in [0.5, 0.6) is 0 Å². The molecule has 0 aromatic carbocycles. The van der Waals surface area contributed by atoms with E-state index in [1.54, 1.807) is 0 Å². The highest BCUT2D eigenvalue weighted by atomic mass is 31.1. The molecule has 1 aliphatic rings. The molecule has 0 radical (unpaired) electrons. The lowest BCUT2D eigenvalue weighted by molar-refractivity contribution is 0.0135. The number of hydrogen-bond donors (Lipinski definition) is 2. The largest absolute Gasteiger partial charge is 0.698 e. The van der Waals surface area contributed by atoms with Gasteiger partial charge in [-0.05, 0) is 30.6 Å². The molecule has 0 spiro atoms. The highest BCUT2D eigenvalue weighted by molar-refractivity contribution is 7.33. The Morgan fingerprint density at radius 3 is 2.42 bits per heavy atom. The van der Waals surface area contributed by atoms with Crippen molar-refractivity contribution in [3.63, 3.8) is 0 Å². The van der Waals surface area contributed by atoms with E-state index in [0.717, 1.165) is 12.8 Å². The van der Waals surface area contributed by atoms with Crippen molar-refractivity contribution in [3.05, 3.63) is 0 Å². The van der Waals surface area contributed by atoms with Gasteiger partial charge in [0.15, 0.2) is 6.10 Å². The van der Waals surface area contributed by atoms with Crippen LogP contribution in [0.3, 0.4) is 0 Å². The molecule has 6 heteroatoms. The summed E-state index contributed by atoms with van der Waals surface area (Å²) in [5.41, 5.74) is 0. The van der Waals surface area contributed by atoms with Gasteiger partial charge in [0.25, 0.3) is 0 Å². The maximum Gasteiger partial charge on any atom is 0.698 e. The summed E-state index contributed by atoms with van der Waals surface area (Å²) in [6.45, 7) is 5.74. The lowest BCUT2D eigenvalue weighted by atomic mass is 9.75. The molecule has 2 N–H and O–H groups in total. The SMILES string of the molecule is CC1CC[C@@H](C(C)C)C(O[P+](=O)OC(CO)CO)C1. The summed E-state index contributed by atoms with van der Waals surface area (Å²) in [5.74, 6) is 1.43. The number of aliphatic hydroxyl groups excluding tert-OH is 2. The molecule has 1 fully saturated rings. The van der Waals surface area contributed by atoms with Crippen LogP contribution in [0.1, 0.15) is 40.0 Å². The number of rotatable bonds is 7. The minimum absolute atomic E-state index is 0.0644. The molecule has 4 atom stereocenters. The van der Waals surface area contributed by atoms with E-state index in [9.17, 15) is 4.57 Å². The predicted octanol–water partition coefficient (Wildman–Crippen LogP) is 2.49. The summed E-state index contributed by atoms with van der Waals surface area (Å²) in [7, 11) is -2.29. The zero-order valence-electron chi connectivity index (χ0n) is 12.0. The van der Waals surface area contributed by atoms with E-state index >= 15 is 0 Å². The first-order valence-electron chi connectivity index (χ1n) is 7.00. The second-order valence-electron chi connectivity index (χ2n) is 5.79. The van der Waals surface area contributed by atoms with Crippen molar-refractivity contribution in [1.82, 2.24) is 0 Å². The molecule has 0 saturated heterocycles. The van der Waals surface area contributed by atoms with Crippen molar-refractivity contribution in [3.8, 4) is 0 Å². The summed E-state index contributed by atoms with van der Waals surface area (Å²) in [5, 5.41) is 17.8. The van der Waals surface area contributed by atoms with E-state index in [0.29, 0.717) is 17.8 Å². The maximum absolute atomic E-state index is 11.8. The van der Waals surface area contributed by atoms with Gasteiger partial charge < -0.3 is 10.2 Å². The van der Waals surface area contributed by atoms with Crippen LogP contribution in [0.4, 0.5) is 0 Å². The van der Waals surface area contributed by atoms with Gasteiger partial charge in [0, 0.05) is 4.57 Å². The molecule has 0 amide bonds. The van der Waals surface area contributed by atoms with Crippen molar-refractivity contribution >= 4 is 8.25 Å². The normalized spacial score (nSPS) is 29.0. The fraction of sp³-hybridized carbons (Fsp3) is 1.00. The smallest absolute Gasteiger partial charge is 0.393 e. The summed E-state index contributed by atoms with van der Waals surface area (Å²) >= 11 is 0. The molecule has 1 rings (SSSR count). The van der Waals surface area contributed by atoms with Gasteiger partial charge in [-0.15, -0.1) is 9.05 Å². The third kappa shape index (κ3) is 5.44. The standard InChI is InChI=1S/C13H26O5P/c1-9(2)12-5-4-10(3)6-13(12)18-19(16)17-11(7-14)8-15/h9-15H,4-8H2,1-3H3/q+1/t10?,12-,13?/m0/s1. The number of aliphatic hydroxyl groups is 2. The predicted molar refractivity (Wildman–Crippen MR) is 72.9 cm³/mol. The molecule has 1 aliphatic carbocycles. The highest BCUT2D eigenvalue weighted by Crippen LogP contribution is 2.40. The monoisotopic (exact) mass is 293 g/mol. The molecular formula is C13H26O5P+. The molecule has 1 saturated carbocycles. The lowest BCUT2D eigenvalue weighted by Crippen LogP contribution is -2.33. The Morgan fingerprint density at radius 2 is 1.89 bits per heavy atom. The summed E-state index contributed by atoms with van der Waals surface area (Å²) in [6.07, 6.45) is 2.25. The fourth-order valence-corrected chi connectivity index (χ4v) is 3.51. The quantitative estimate of drug-likeness (QED) is 0.705. The van der Waals surface area contributed by atoms with E-state index in [1.165, 1.54) is 6.42 Å². The average Bonchev–Trinajstić information content (AvgIpc) is 2.35. The molecule has 112 valence electrons. The highest BCUT2D eigenvalue weighted by Gasteiger charge is 2.39. The van der Waals surface area contributed by atoms with E-state index in [1.807, 2.05) is 0 Å². The van der Waals surface area contributed by atoms with Crippen molar-refractivity contribution < 1.29 is 23.8 Å². The molecule has 0 aliphatic heterocycles. The Morgan fingerprint density at radius 1 is 1.26 bits per heavy atom. The van der Waals surface area contributed by atoms with Crippen molar-refractivity contribution in [2.24, 2.45) is 17.8 Å². The zero-order valence-corrected chi connectivity index (χ0v) is 12.9. The maximum atomic E-state index is 11.8. The van der Waals surface area contributed by atoms with Gasteiger partial charge in [0.1, 0.15) is 6.10 Å². The summed E-state index contributed by atoms with van der Waals surface area (Å²) < 4.78 is 22.3. The third-order valence-corrected chi connectivity index (χ3v) is 4.74. The van der Waals surface area contributed by atoms with Crippen LogP contribution in [0.15, 0.2) is 0 Å². The molecule has 19 heavy (non-hydrogen) atoms. The Labute approximate surface area is 116 Å². The minimum atomic E-state index is -2.29. The minimum Gasteiger partial charge on any atom is -0.393 e. The van der Waals surface area contributed by atoms with Crippen LogP contribution in [0.2, 0.25) is 0 Å². The van der Waals surface area contributed by atoms with Gasteiger partial charge in [-0.3, -0.25) is 0 Å². The molecule has 3 unspecified atom stereocenters. The summed E-state index contributed by atoms with van der Waals surface area (Å²) in [6, 6.07) is 0. The average molecular weight is 293 g/mol. The Hall–Kier alpha value is -0.0600. The van der Waals surface area contributed by atoms with Crippen LogP contribution in [-0.4, -0.2) is 35.6 Å². The first-order valence-corrected chi connectivity index (χ1v) is 8.10. The van der Waals surface area contributed by atoms with Crippen molar-refractivity contribution in [1.29, 1.82) is 0 Å². The van der Waals surface area contributed by atoms with Crippen LogP contribution in [-0.2, 0) is 13.6 Å². The van der Waals surface area contributed by atoms with Crippen LogP contribution in [0, 0.1) is 17.8 Å². The van der Waals surface area contributed by atoms with E-state index in [2.05, 4.69) is 20.8 Å². The van der Waals surface area contributed by atoms with Gasteiger partial charge >= 0.3 is 8.25 Å².